The molecule has 1 atom stereocenters. The number of Topliss-reactive ketones (excluding diaryl/α,β-unsaturated/α-hetero) is 1. The number of hydrogen-bond acceptors (Lipinski definition) is 5. The molecule has 1 aromatic carbocycles. The Labute approximate surface area is 158 Å². The molecule has 0 fully saturated rings. The molecule has 3 rings (SSSR count). The van der Waals surface area contributed by atoms with Crippen LogP contribution < -0.4 is 0 Å². The molecule has 1 unspecified atom stereocenters. The van der Waals surface area contributed by atoms with Crippen LogP contribution in [-0.2, 0) is 4.79 Å². The summed E-state index contributed by atoms with van der Waals surface area (Å²) in [5.74, 6) is -1.37. The zero-order valence-electron chi connectivity index (χ0n) is 15.8. The molecule has 1 amide bonds. The molecule has 1 aromatic heterocycles. The van der Waals surface area contributed by atoms with E-state index in [-0.39, 0.29) is 11.3 Å². The van der Waals surface area contributed by atoms with Crippen LogP contribution in [0.1, 0.15) is 34.1 Å². The van der Waals surface area contributed by atoms with Crippen LogP contribution in [0.4, 0.5) is 0 Å². The number of carbonyl (C=O) groups excluding carboxylic acids is 2. The Morgan fingerprint density at radius 1 is 1.26 bits per heavy atom. The summed E-state index contributed by atoms with van der Waals surface area (Å²) in [6.45, 7) is 3.19. The molecule has 1 aliphatic rings. The molecule has 0 spiro atoms. The minimum Gasteiger partial charge on any atom is -0.503 e. The summed E-state index contributed by atoms with van der Waals surface area (Å²) >= 11 is 0. The van der Waals surface area contributed by atoms with Crippen LogP contribution in [0.25, 0.3) is 0 Å². The topological polar surface area (TPSA) is 74.0 Å². The van der Waals surface area contributed by atoms with Crippen molar-refractivity contribution >= 4 is 11.7 Å². The molecule has 6 heteroatoms. The number of benzene rings is 1. The largest absolute Gasteiger partial charge is 0.503 e. The Morgan fingerprint density at radius 3 is 2.67 bits per heavy atom. The Balaban J connectivity index is 2.00. The average molecular weight is 368 g/mol. The fourth-order valence-electron chi connectivity index (χ4n) is 3.40. The summed E-state index contributed by atoms with van der Waals surface area (Å²) in [5.41, 5.74) is 1.89. The van der Waals surface area contributed by atoms with Gasteiger partial charge in [-0.2, -0.15) is 0 Å². The smallest absolute Gasteiger partial charge is 0.290 e. The summed E-state index contributed by atoms with van der Waals surface area (Å²) < 4.78 is 5.22. The highest BCUT2D eigenvalue weighted by atomic mass is 16.3. The highest BCUT2D eigenvalue weighted by Gasteiger charge is 2.44. The third-order valence-electron chi connectivity index (χ3n) is 4.66. The second-order valence-corrected chi connectivity index (χ2v) is 7.04. The maximum atomic E-state index is 13.0. The van der Waals surface area contributed by atoms with Gasteiger partial charge in [0.05, 0.1) is 17.9 Å². The molecule has 2 aromatic rings. The van der Waals surface area contributed by atoms with Crippen molar-refractivity contribution in [2.75, 3.05) is 27.2 Å². The van der Waals surface area contributed by atoms with E-state index in [9.17, 15) is 14.7 Å². The van der Waals surface area contributed by atoms with Crippen molar-refractivity contribution in [2.45, 2.75) is 19.4 Å². The standard InChI is InChI=1S/C21H24N2O4/c1-14-7-4-8-15(13-14)18-17(19(24)16-9-5-12-27-16)20(25)21(26)23(18)11-6-10-22(2)3/h4-5,7-9,12-13,18,25H,6,10-11H2,1-3H3. The second kappa shape index (κ2) is 7.80. The highest BCUT2D eigenvalue weighted by molar-refractivity contribution is 6.15. The molecular weight excluding hydrogens is 344 g/mol. The first-order valence-corrected chi connectivity index (χ1v) is 8.93. The quantitative estimate of drug-likeness (QED) is 0.760. The van der Waals surface area contributed by atoms with Crippen molar-refractivity contribution in [1.82, 2.24) is 9.80 Å². The molecule has 6 nitrogen and oxygen atoms in total. The number of nitrogens with zero attached hydrogens (tertiary/aromatic N) is 2. The fraction of sp³-hybridized carbons (Fsp3) is 0.333. The Morgan fingerprint density at radius 2 is 2.04 bits per heavy atom. The minimum absolute atomic E-state index is 0.0744. The maximum absolute atomic E-state index is 13.0. The lowest BCUT2D eigenvalue weighted by molar-refractivity contribution is -0.129. The van der Waals surface area contributed by atoms with Crippen LogP contribution in [-0.4, -0.2) is 53.8 Å². The first kappa shape index (κ1) is 18.9. The SMILES string of the molecule is Cc1cccc(C2C(C(=O)c3ccco3)=C(O)C(=O)N2CCCN(C)C)c1. The summed E-state index contributed by atoms with van der Waals surface area (Å²) in [4.78, 5) is 29.3. The predicted octanol–water partition coefficient (Wildman–Crippen LogP) is 3.12. The van der Waals surface area contributed by atoms with E-state index in [0.29, 0.717) is 6.54 Å². The minimum atomic E-state index is -0.628. The van der Waals surface area contributed by atoms with E-state index in [4.69, 9.17) is 4.42 Å². The maximum Gasteiger partial charge on any atom is 0.290 e. The normalized spacial score (nSPS) is 17.3. The number of amides is 1. The highest BCUT2D eigenvalue weighted by Crippen LogP contribution is 2.39. The molecule has 0 aliphatic carbocycles. The molecule has 1 N–H and O–H groups in total. The van der Waals surface area contributed by atoms with Crippen LogP contribution in [0.15, 0.2) is 58.4 Å². The van der Waals surface area contributed by atoms with Gasteiger partial charge in [0, 0.05) is 6.54 Å². The van der Waals surface area contributed by atoms with Gasteiger partial charge in [-0.3, -0.25) is 9.59 Å². The average Bonchev–Trinajstić information content (AvgIpc) is 3.24. The number of carbonyl (C=O) groups is 2. The van der Waals surface area contributed by atoms with Crippen molar-refractivity contribution in [2.24, 2.45) is 0 Å². The van der Waals surface area contributed by atoms with Gasteiger partial charge in [-0.1, -0.05) is 29.8 Å². The number of rotatable bonds is 7. The van der Waals surface area contributed by atoms with Crippen LogP contribution in [0.3, 0.4) is 0 Å². The van der Waals surface area contributed by atoms with Crippen molar-refractivity contribution < 1.29 is 19.1 Å². The number of aryl methyl sites for hydroxylation is 1. The van der Waals surface area contributed by atoms with Gasteiger partial charge in [-0.15, -0.1) is 0 Å². The van der Waals surface area contributed by atoms with Gasteiger partial charge in [-0.25, -0.2) is 0 Å². The molecule has 142 valence electrons. The van der Waals surface area contributed by atoms with E-state index in [1.165, 1.54) is 12.3 Å². The van der Waals surface area contributed by atoms with Gasteiger partial charge in [0.1, 0.15) is 0 Å². The summed E-state index contributed by atoms with van der Waals surface area (Å²) in [6.07, 6.45) is 2.13. The number of aliphatic hydroxyl groups excluding tert-OH is 1. The lowest BCUT2D eigenvalue weighted by Gasteiger charge is -2.27. The van der Waals surface area contributed by atoms with Gasteiger partial charge < -0.3 is 19.3 Å². The molecule has 1 aliphatic heterocycles. The van der Waals surface area contributed by atoms with E-state index in [1.807, 2.05) is 50.2 Å². The third kappa shape index (κ3) is 3.80. The molecule has 0 radical (unpaired) electrons. The number of aliphatic hydroxyl groups is 1. The van der Waals surface area contributed by atoms with E-state index < -0.39 is 23.5 Å². The van der Waals surface area contributed by atoms with Crippen molar-refractivity contribution in [1.29, 1.82) is 0 Å². The fourth-order valence-corrected chi connectivity index (χ4v) is 3.40. The lowest BCUT2D eigenvalue weighted by Crippen LogP contribution is -2.33. The Bertz CT molecular complexity index is 868. The van der Waals surface area contributed by atoms with E-state index >= 15 is 0 Å². The predicted molar refractivity (Wildman–Crippen MR) is 101 cm³/mol. The third-order valence-corrected chi connectivity index (χ3v) is 4.66. The molecule has 0 bridgehead atoms. The number of furan rings is 1. The lowest BCUT2D eigenvalue weighted by atomic mass is 9.94. The van der Waals surface area contributed by atoms with Crippen molar-refractivity contribution in [3.05, 3.63) is 70.9 Å². The Kier molecular flexibility index (Phi) is 5.46. The zero-order valence-corrected chi connectivity index (χ0v) is 15.8. The first-order valence-electron chi connectivity index (χ1n) is 8.93. The van der Waals surface area contributed by atoms with E-state index in [0.717, 1.165) is 24.1 Å². The van der Waals surface area contributed by atoms with Crippen LogP contribution in [0, 0.1) is 6.92 Å². The van der Waals surface area contributed by atoms with Gasteiger partial charge >= 0.3 is 0 Å². The van der Waals surface area contributed by atoms with Crippen LogP contribution in [0.2, 0.25) is 0 Å². The number of hydrogen-bond donors (Lipinski definition) is 1. The molecule has 0 saturated carbocycles. The van der Waals surface area contributed by atoms with Gasteiger partial charge in [0.15, 0.2) is 11.5 Å². The summed E-state index contributed by atoms with van der Waals surface area (Å²) in [6, 6.07) is 10.2. The molecule has 0 saturated heterocycles. The van der Waals surface area contributed by atoms with Gasteiger partial charge in [0.2, 0.25) is 5.78 Å². The monoisotopic (exact) mass is 368 g/mol. The van der Waals surface area contributed by atoms with E-state index in [1.54, 1.807) is 11.0 Å². The number of ketones is 1. The molecule has 2 heterocycles. The zero-order chi connectivity index (χ0) is 19.6. The summed E-state index contributed by atoms with van der Waals surface area (Å²) in [7, 11) is 3.93. The molecular formula is C21H24N2O4. The Hall–Kier alpha value is -2.86. The molecule has 27 heavy (non-hydrogen) atoms. The van der Waals surface area contributed by atoms with Gasteiger partial charge in [-0.05, 0) is 51.7 Å². The van der Waals surface area contributed by atoms with Gasteiger partial charge in [0.25, 0.3) is 5.91 Å². The van der Waals surface area contributed by atoms with E-state index in [2.05, 4.69) is 0 Å². The second-order valence-electron chi connectivity index (χ2n) is 7.04. The van der Waals surface area contributed by atoms with Crippen molar-refractivity contribution in [3.63, 3.8) is 0 Å². The van der Waals surface area contributed by atoms with Crippen LogP contribution in [0.5, 0.6) is 0 Å². The van der Waals surface area contributed by atoms with Crippen molar-refractivity contribution in [3.8, 4) is 0 Å². The summed E-state index contributed by atoms with van der Waals surface area (Å²) in [5, 5.41) is 10.5. The van der Waals surface area contributed by atoms with Crippen LogP contribution >= 0.6 is 0 Å². The first-order chi connectivity index (χ1) is 12.9.